The van der Waals surface area contributed by atoms with Gasteiger partial charge in [-0.3, -0.25) is 4.79 Å². The van der Waals surface area contributed by atoms with Crippen molar-refractivity contribution in [2.24, 2.45) is 0 Å². The van der Waals surface area contributed by atoms with Crippen molar-refractivity contribution >= 4 is 10.9 Å². The van der Waals surface area contributed by atoms with Crippen LogP contribution < -0.4 is 10.2 Å². The number of ether oxygens (including phenoxy) is 1. The van der Waals surface area contributed by atoms with E-state index >= 15 is 0 Å². The molecule has 0 amide bonds. The lowest BCUT2D eigenvalue weighted by Crippen LogP contribution is -2.18. The van der Waals surface area contributed by atoms with Crippen LogP contribution in [0.4, 0.5) is 17.6 Å². The minimum atomic E-state index is -4.78. The summed E-state index contributed by atoms with van der Waals surface area (Å²) in [7, 11) is 0. The maximum atomic E-state index is 13.4. The fourth-order valence-corrected chi connectivity index (χ4v) is 2.73. The molecule has 0 aliphatic carbocycles. The van der Waals surface area contributed by atoms with Crippen molar-refractivity contribution in [3.05, 3.63) is 75.3 Å². The monoisotopic (exact) mass is 367 g/mol. The standard InChI is InChI=1S/C18H13F4NO3/c1-10-15(8-11-2-5-13(6-3-11)26-18(20,21)22)17(24)14-7-4-12(19)9-16(14)23(10)25/h2-7,9,25H,8H2,1H3. The van der Waals surface area contributed by atoms with Crippen LogP contribution in [-0.2, 0) is 6.42 Å². The molecule has 0 saturated heterocycles. The van der Waals surface area contributed by atoms with Gasteiger partial charge >= 0.3 is 6.36 Å². The Labute approximate surface area is 144 Å². The van der Waals surface area contributed by atoms with E-state index in [4.69, 9.17) is 0 Å². The van der Waals surface area contributed by atoms with Crippen molar-refractivity contribution in [2.45, 2.75) is 19.7 Å². The molecule has 0 atom stereocenters. The zero-order chi connectivity index (χ0) is 19.1. The Morgan fingerprint density at radius 2 is 1.77 bits per heavy atom. The van der Waals surface area contributed by atoms with Gasteiger partial charge < -0.3 is 9.94 Å². The number of rotatable bonds is 3. The fourth-order valence-electron chi connectivity index (χ4n) is 2.73. The summed E-state index contributed by atoms with van der Waals surface area (Å²) in [6, 6.07) is 8.54. The Morgan fingerprint density at radius 3 is 2.38 bits per heavy atom. The minimum Gasteiger partial charge on any atom is -0.428 e. The van der Waals surface area contributed by atoms with Gasteiger partial charge in [0.25, 0.3) is 0 Å². The highest BCUT2D eigenvalue weighted by Gasteiger charge is 2.31. The summed E-state index contributed by atoms with van der Waals surface area (Å²) in [6.07, 6.45) is -4.69. The van der Waals surface area contributed by atoms with E-state index in [0.717, 1.165) is 29.0 Å². The quantitative estimate of drug-likeness (QED) is 0.558. The second-order valence-electron chi connectivity index (χ2n) is 5.73. The Bertz CT molecular complexity index is 1020. The molecular formula is C18H13F4NO3. The normalized spacial score (nSPS) is 11.7. The molecule has 8 heteroatoms. The molecule has 1 aromatic heterocycles. The molecule has 0 radical (unpaired) electrons. The largest absolute Gasteiger partial charge is 0.573 e. The van der Waals surface area contributed by atoms with E-state index in [0.29, 0.717) is 5.56 Å². The Kier molecular flexibility index (Phi) is 4.35. The van der Waals surface area contributed by atoms with Gasteiger partial charge in [0, 0.05) is 23.4 Å². The first-order valence-electron chi connectivity index (χ1n) is 7.53. The van der Waals surface area contributed by atoms with Crippen LogP contribution in [-0.4, -0.2) is 16.3 Å². The first-order chi connectivity index (χ1) is 12.2. The van der Waals surface area contributed by atoms with Crippen molar-refractivity contribution in [3.8, 4) is 5.75 Å². The van der Waals surface area contributed by atoms with E-state index in [1.807, 2.05) is 0 Å². The molecule has 0 aliphatic heterocycles. The van der Waals surface area contributed by atoms with Gasteiger partial charge in [-0.05, 0) is 36.8 Å². The van der Waals surface area contributed by atoms with Gasteiger partial charge in [-0.25, -0.2) is 4.39 Å². The van der Waals surface area contributed by atoms with Crippen LogP contribution >= 0.6 is 0 Å². The average molecular weight is 367 g/mol. The summed E-state index contributed by atoms with van der Waals surface area (Å²) in [4.78, 5) is 12.7. The molecule has 0 fully saturated rings. The molecule has 0 unspecified atom stereocenters. The molecule has 0 spiro atoms. The first kappa shape index (κ1) is 17.8. The predicted molar refractivity (Wildman–Crippen MR) is 86.0 cm³/mol. The summed E-state index contributed by atoms with van der Waals surface area (Å²) in [6.45, 7) is 1.50. The molecule has 0 aliphatic rings. The summed E-state index contributed by atoms with van der Waals surface area (Å²) in [5.74, 6) is -0.960. The van der Waals surface area contributed by atoms with Gasteiger partial charge in [0.2, 0.25) is 0 Å². The molecule has 1 N–H and O–H groups in total. The van der Waals surface area contributed by atoms with E-state index in [1.165, 1.54) is 25.1 Å². The number of aromatic nitrogens is 1. The number of pyridine rings is 1. The van der Waals surface area contributed by atoms with Crippen LogP contribution in [0.15, 0.2) is 47.3 Å². The number of halogens is 4. The van der Waals surface area contributed by atoms with Crippen LogP contribution in [0, 0.1) is 12.7 Å². The van der Waals surface area contributed by atoms with E-state index in [9.17, 15) is 27.6 Å². The molecule has 2 aromatic carbocycles. The van der Waals surface area contributed by atoms with Gasteiger partial charge in [0.1, 0.15) is 11.6 Å². The van der Waals surface area contributed by atoms with Crippen molar-refractivity contribution in [3.63, 3.8) is 0 Å². The maximum absolute atomic E-state index is 13.4. The van der Waals surface area contributed by atoms with Gasteiger partial charge in [0.05, 0.1) is 11.2 Å². The summed E-state index contributed by atoms with van der Waals surface area (Å²) >= 11 is 0. The minimum absolute atomic E-state index is 0.0465. The van der Waals surface area contributed by atoms with Crippen molar-refractivity contribution in [2.75, 3.05) is 0 Å². The van der Waals surface area contributed by atoms with Gasteiger partial charge in [-0.15, -0.1) is 13.2 Å². The highest BCUT2D eigenvalue weighted by Crippen LogP contribution is 2.24. The number of hydrogen-bond donors (Lipinski definition) is 1. The lowest BCUT2D eigenvalue weighted by atomic mass is 10.0. The van der Waals surface area contributed by atoms with Crippen molar-refractivity contribution in [1.82, 2.24) is 4.73 Å². The Morgan fingerprint density at radius 1 is 1.12 bits per heavy atom. The van der Waals surface area contributed by atoms with Crippen LogP contribution in [0.25, 0.3) is 10.9 Å². The van der Waals surface area contributed by atoms with E-state index in [1.54, 1.807) is 0 Å². The topological polar surface area (TPSA) is 51.5 Å². The lowest BCUT2D eigenvalue weighted by molar-refractivity contribution is -0.274. The molecule has 1 heterocycles. The SMILES string of the molecule is Cc1c(Cc2ccc(OC(F)(F)F)cc2)c(=O)c2ccc(F)cc2n1O. The van der Waals surface area contributed by atoms with Gasteiger partial charge in [0.15, 0.2) is 5.43 Å². The second kappa shape index (κ2) is 6.36. The molecule has 0 saturated carbocycles. The van der Waals surface area contributed by atoms with Crippen LogP contribution in [0.3, 0.4) is 0 Å². The zero-order valence-corrected chi connectivity index (χ0v) is 13.5. The number of fused-ring (bicyclic) bond motifs is 1. The first-order valence-corrected chi connectivity index (χ1v) is 7.53. The number of hydrogen-bond acceptors (Lipinski definition) is 3. The highest BCUT2D eigenvalue weighted by atomic mass is 19.4. The summed E-state index contributed by atoms with van der Waals surface area (Å²) < 4.78 is 54.5. The Balaban J connectivity index is 1.99. The number of benzene rings is 2. The third kappa shape index (κ3) is 3.49. The smallest absolute Gasteiger partial charge is 0.428 e. The zero-order valence-electron chi connectivity index (χ0n) is 13.5. The molecule has 26 heavy (non-hydrogen) atoms. The van der Waals surface area contributed by atoms with Crippen molar-refractivity contribution < 1.29 is 27.5 Å². The molecule has 3 aromatic rings. The molecule has 4 nitrogen and oxygen atoms in total. The van der Waals surface area contributed by atoms with Gasteiger partial charge in [-0.1, -0.05) is 12.1 Å². The predicted octanol–water partition coefficient (Wildman–Crippen LogP) is 4.18. The lowest BCUT2D eigenvalue weighted by Gasteiger charge is -2.13. The molecule has 0 bridgehead atoms. The summed E-state index contributed by atoms with van der Waals surface area (Å²) in [5.41, 5.74) is 0.713. The van der Waals surface area contributed by atoms with Gasteiger partial charge in [-0.2, -0.15) is 4.73 Å². The van der Waals surface area contributed by atoms with E-state index in [2.05, 4.69) is 4.74 Å². The number of alkyl halides is 3. The second-order valence-corrected chi connectivity index (χ2v) is 5.73. The Hall–Kier alpha value is -3.03. The third-order valence-electron chi connectivity index (χ3n) is 4.00. The van der Waals surface area contributed by atoms with Crippen molar-refractivity contribution in [1.29, 1.82) is 0 Å². The third-order valence-corrected chi connectivity index (χ3v) is 4.00. The fraction of sp³-hybridized carbons (Fsp3) is 0.167. The van der Waals surface area contributed by atoms with Crippen LogP contribution in [0.1, 0.15) is 16.8 Å². The molecular weight excluding hydrogens is 354 g/mol. The molecule has 3 rings (SSSR count). The van der Waals surface area contributed by atoms with E-state index in [-0.39, 0.29) is 39.8 Å². The summed E-state index contributed by atoms with van der Waals surface area (Å²) in [5, 5.41) is 10.3. The van der Waals surface area contributed by atoms with E-state index < -0.39 is 12.2 Å². The van der Waals surface area contributed by atoms with Crippen LogP contribution in [0.2, 0.25) is 0 Å². The maximum Gasteiger partial charge on any atom is 0.573 e. The average Bonchev–Trinajstić information content (AvgIpc) is 2.57. The number of nitrogens with zero attached hydrogens (tertiary/aromatic N) is 1. The van der Waals surface area contributed by atoms with Crippen LogP contribution in [0.5, 0.6) is 5.75 Å². The highest BCUT2D eigenvalue weighted by molar-refractivity contribution is 5.80. The molecule has 136 valence electrons.